The highest BCUT2D eigenvalue weighted by Gasteiger charge is 2.33. The van der Waals surface area contributed by atoms with E-state index in [2.05, 4.69) is 0 Å². The molecule has 0 aromatic heterocycles. The first-order chi connectivity index (χ1) is 12.9. The Morgan fingerprint density at radius 2 is 1.85 bits per heavy atom. The Balaban J connectivity index is 1.88. The van der Waals surface area contributed by atoms with Gasteiger partial charge in [-0.3, -0.25) is 9.69 Å². The lowest BCUT2D eigenvalue weighted by molar-refractivity contribution is -0.113. The zero-order valence-corrected chi connectivity index (χ0v) is 16.7. The molecule has 1 fully saturated rings. The Kier molecular flexibility index (Phi) is 5.82. The van der Waals surface area contributed by atoms with Gasteiger partial charge in [0.05, 0.1) is 23.8 Å². The van der Waals surface area contributed by atoms with E-state index >= 15 is 0 Å². The smallest absolute Gasteiger partial charge is 0.270 e. The average Bonchev–Trinajstić information content (AvgIpc) is 2.90. The summed E-state index contributed by atoms with van der Waals surface area (Å²) < 4.78 is 24.6. The average molecular weight is 404 g/mol. The molecule has 0 N–H and O–H groups in total. The van der Waals surface area contributed by atoms with Gasteiger partial charge in [-0.05, 0) is 61.9 Å². The minimum absolute atomic E-state index is 0.0247. The topological polar surface area (TPSA) is 38.8 Å². The summed E-state index contributed by atoms with van der Waals surface area (Å²) in [4.78, 5) is 14.7. The number of hydrogen-bond donors (Lipinski definition) is 0. The molecular weight excluding hydrogens is 385 g/mol. The van der Waals surface area contributed by atoms with Gasteiger partial charge in [0.1, 0.15) is 5.82 Å². The molecule has 0 spiro atoms. The van der Waals surface area contributed by atoms with E-state index in [1.54, 1.807) is 13.2 Å². The molecule has 1 aliphatic rings. The van der Waals surface area contributed by atoms with Crippen molar-refractivity contribution in [2.45, 2.75) is 20.0 Å². The molecule has 27 heavy (non-hydrogen) atoms. The predicted molar refractivity (Wildman–Crippen MR) is 111 cm³/mol. The lowest BCUT2D eigenvalue weighted by Crippen LogP contribution is -2.27. The van der Waals surface area contributed by atoms with Crippen LogP contribution in [0.15, 0.2) is 47.4 Å². The van der Waals surface area contributed by atoms with Crippen molar-refractivity contribution in [3.05, 3.63) is 58.8 Å². The van der Waals surface area contributed by atoms with Crippen LogP contribution in [-0.2, 0) is 4.79 Å². The van der Waals surface area contributed by atoms with Gasteiger partial charge in [0.15, 0.2) is 15.8 Å². The molecular formula is C20H18FNO3S2. The summed E-state index contributed by atoms with van der Waals surface area (Å²) in [6, 6.07) is 11.1. The van der Waals surface area contributed by atoms with Crippen LogP contribution in [-0.4, -0.2) is 23.4 Å². The maximum Gasteiger partial charge on any atom is 0.270 e. The maximum atomic E-state index is 13.1. The number of thiocarbonyl (C=S) groups is 1. The van der Waals surface area contributed by atoms with Crippen molar-refractivity contribution in [2.75, 3.05) is 12.0 Å². The summed E-state index contributed by atoms with van der Waals surface area (Å²) in [5.74, 6) is 0.628. The second-order valence-corrected chi connectivity index (χ2v) is 7.75. The number of hydrogen-bond acceptors (Lipinski definition) is 5. The van der Waals surface area contributed by atoms with E-state index in [0.29, 0.717) is 26.4 Å². The van der Waals surface area contributed by atoms with Crippen molar-refractivity contribution in [1.82, 2.24) is 0 Å². The molecule has 7 heteroatoms. The summed E-state index contributed by atoms with van der Waals surface area (Å²) >= 11 is 6.54. The summed E-state index contributed by atoms with van der Waals surface area (Å²) in [7, 11) is 1.57. The summed E-state index contributed by atoms with van der Waals surface area (Å²) in [5, 5.41) is 0. The summed E-state index contributed by atoms with van der Waals surface area (Å²) in [5.41, 5.74) is 1.34. The van der Waals surface area contributed by atoms with Crippen LogP contribution in [0, 0.1) is 5.82 Å². The molecule has 0 bridgehead atoms. The number of methoxy groups -OCH3 is 1. The van der Waals surface area contributed by atoms with Crippen LogP contribution in [0.25, 0.3) is 6.08 Å². The Morgan fingerprint density at radius 3 is 2.48 bits per heavy atom. The number of rotatable bonds is 5. The number of nitrogens with zero attached hydrogens (tertiary/aromatic N) is 1. The molecule has 3 rings (SSSR count). The third-order valence-corrected chi connectivity index (χ3v) is 5.03. The Bertz CT molecular complexity index is 910. The van der Waals surface area contributed by atoms with Gasteiger partial charge in [-0.2, -0.15) is 0 Å². The zero-order valence-electron chi connectivity index (χ0n) is 15.1. The number of anilines is 1. The molecule has 0 unspecified atom stereocenters. The van der Waals surface area contributed by atoms with Gasteiger partial charge in [0, 0.05) is 0 Å². The number of carbonyl (C=O) groups excluding carboxylic acids is 1. The number of thioether (sulfide) groups is 1. The zero-order chi connectivity index (χ0) is 19.6. The molecule has 1 amide bonds. The molecule has 0 saturated carbocycles. The van der Waals surface area contributed by atoms with Crippen molar-refractivity contribution in [3.63, 3.8) is 0 Å². The Hall–Kier alpha value is -2.38. The van der Waals surface area contributed by atoms with E-state index in [-0.39, 0.29) is 17.8 Å². The SMILES string of the molecule is COc1cc(C=C2SC(=S)N(c3ccc(F)cc3)C2=O)ccc1OC(C)C. The normalized spacial score (nSPS) is 15.7. The Labute approximate surface area is 167 Å². The van der Waals surface area contributed by atoms with Crippen LogP contribution < -0.4 is 14.4 Å². The van der Waals surface area contributed by atoms with Crippen molar-refractivity contribution in [2.24, 2.45) is 0 Å². The van der Waals surface area contributed by atoms with Gasteiger partial charge in [-0.1, -0.05) is 30.0 Å². The molecule has 2 aromatic rings. The third-order valence-electron chi connectivity index (χ3n) is 3.73. The van der Waals surface area contributed by atoms with E-state index in [9.17, 15) is 9.18 Å². The number of carbonyl (C=O) groups is 1. The number of amides is 1. The van der Waals surface area contributed by atoms with Gasteiger partial charge in [-0.25, -0.2) is 4.39 Å². The maximum absolute atomic E-state index is 13.1. The lowest BCUT2D eigenvalue weighted by atomic mass is 10.1. The van der Waals surface area contributed by atoms with Crippen LogP contribution in [0.4, 0.5) is 10.1 Å². The van der Waals surface area contributed by atoms with Crippen molar-refractivity contribution < 1.29 is 18.7 Å². The molecule has 1 saturated heterocycles. The molecule has 0 atom stereocenters. The largest absolute Gasteiger partial charge is 0.493 e. The number of halogens is 1. The van der Waals surface area contributed by atoms with Crippen LogP contribution >= 0.6 is 24.0 Å². The van der Waals surface area contributed by atoms with Gasteiger partial charge < -0.3 is 9.47 Å². The highest BCUT2D eigenvalue weighted by molar-refractivity contribution is 8.27. The third kappa shape index (κ3) is 4.31. The van der Waals surface area contributed by atoms with Crippen LogP contribution in [0.3, 0.4) is 0 Å². The first kappa shape index (κ1) is 19.4. The van der Waals surface area contributed by atoms with Crippen molar-refractivity contribution in [3.8, 4) is 11.5 Å². The van der Waals surface area contributed by atoms with E-state index in [0.717, 1.165) is 5.56 Å². The Morgan fingerprint density at radius 1 is 1.15 bits per heavy atom. The summed E-state index contributed by atoms with van der Waals surface area (Å²) in [6.45, 7) is 3.88. The van der Waals surface area contributed by atoms with E-state index < -0.39 is 0 Å². The van der Waals surface area contributed by atoms with Gasteiger partial charge >= 0.3 is 0 Å². The second-order valence-electron chi connectivity index (χ2n) is 6.07. The van der Waals surface area contributed by atoms with E-state index in [4.69, 9.17) is 21.7 Å². The van der Waals surface area contributed by atoms with Crippen LogP contribution in [0.1, 0.15) is 19.4 Å². The number of benzene rings is 2. The van der Waals surface area contributed by atoms with Crippen LogP contribution in [0.5, 0.6) is 11.5 Å². The van der Waals surface area contributed by atoms with Crippen LogP contribution in [0.2, 0.25) is 0 Å². The first-order valence-electron chi connectivity index (χ1n) is 8.27. The lowest BCUT2D eigenvalue weighted by Gasteiger charge is -2.14. The van der Waals surface area contributed by atoms with Gasteiger partial charge in [0.2, 0.25) is 0 Å². The second kappa shape index (κ2) is 8.10. The quantitative estimate of drug-likeness (QED) is 0.517. The fourth-order valence-corrected chi connectivity index (χ4v) is 3.86. The molecule has 2 aromatic carbocycles. The minimum atomic E-state index is -0.365. The van der Waals surface area contributed by atoms with E-state index in [1.807, 2.05) is 32.0 Å². The summed E-state index contributed by atoms with van der Waals surface area (Å²) in [6.07, 6.45) is 1.78. The van der Waals surface area contributed by atoms with Crippen molar-refractivity contribution in [1.29, 1.82) is 0 Å². The fraction of sp³-hybridized carbons (Fsp3) is 0.200. The monoisotopic (exact) mass is 403 g/mol. The fourth-order valence-electron chi connectivity index (χ4n) is 2.56. The van der Waals surface area contributed by atoms with E-state index in [1.165, 1.54) is 40.9 Å². The van der Waals surface area contributed by atoms with Gasteiger partial charge in [-0.15, -0.1) is 0 Å². The van der Waals surface area contributed by atoms with Gasteiger partial charge in [0.25, 0.3) is 5.91 Å². The predicted octanol–water partition coefficient (Wildman–Crippen LogP) is 5.03. The number of ether oxygens (including phenoxy) is 2. The molecule has 1 heterocycles. The molecule has 0 radical (unpaired) electrons. The molecule has 0 aliphatic carbocycles. The van der Waals surface area contributed by atoms with Crippen molar-refractivity contribution >= 4 is 46.0 Å². The molecule has 4 nitrogen and oxygen atoms in total. The first-order valence-corrected chi connectivity index (χ1v) is 9.49. The molecule has 140 valence electrons. The minimum Gasteiger partial charge on any atom is -0.493 e. The molecule has 1 aliphatic heterocycles. The standard InChI is InChI=1S/C20H18FNO3S2/c1-12(2)25-16-9-4-13(10-17(16)24-3)11-18-19(23)22(20(26)27-18)15-7-5-14(21)6-8-15/h4-12H,1-3H3. The highest BCUT2D eigenvalue weighted by Crippen LogP contribution is 2.37. The highest BCUT2D eigenvalue weighted by atomic mass is 32.2.